The lowest BCUT2D eigenvalue weighted by molar-refractivity contribution is -0.145. The molecule has 40 heavy (non-hydrogen) atoms. The summed E-state index contributed by atoms with van der Waals surface area (Å²) in [5, 5.41) is 5.16. The molecule has 0 heterocycles. The molecule has 4 N–H and O–H groups in total. The third kappa shape index (κ3) is 12.0. The van der Waals surface area contributed by atoms with E-state index in [1.54, 1.807) is 20.8 Å². The number of amides is 4. The number of carbonyl (C=O) groups excluding carboxylic acids is 5. The van der Waals surface area contributed by atoms with Gasteiger partial charge in [0.05, 0.1) is 7.11 Å². The van der Waals surface area contributed by atoms with Crippen molar-refractivity contribution in [1.29, 1.82) is 0 Å². The topological polar surface area (TPSA) is 157 Å². The van der Waals surface area contributed by atoms with Crippen molar-refractivity contribution in [2.75, 3.05) is 20.2 Å². The number of nitrogens with zero attached hydrogens (tertiary/aromatic N) is 1. The number of nitrogens with two attached hydrogens (primary N) is 1. The van der Waals surface area contributed by atoms with Crippen molar-refractivity contribution in [1.82, 2.24) is 15.5 Å². The van der Waals surface area contributed by atoms with Gasteiger partial charge in [0.1, 0.15) is 24.2 Å². The second-order valence-electron chi connectivity index (χ2n) is 10.9. The summed E-state index contributed by atoms with van der Waals surface area (Å²) in [7, 11) is 1.21. The van der Waals surface area contributed by atoms with Crippen LogP contribution in [-0.4, -0.2) is 66.5 Å². The third-order valence-electron chi connectivity index (χ3n) is 6.13. The number of esters is 1. The van der Waals surface area contributed by atoms with Gasteiger partial charge in [0.15, 0.2) is 0 Å². The molecule has 0 fully saturated rings. The van der Waals surface area contributed by atoms with Gasteiger partial charge in [-0.05, 0) is 58.6 Å². The maximum absolute atomic E-state index is 14.2. The lowest BCUT2D eigenvalue weighted by Gasteiger charge is -2.35. The molecule has 224 valence electrons. The van der Waals surface area contributed by atoms with Crippen molar-refractivity contribution in [2.24, 2.45) is 5.73 Å². The summed E-state index contributed by atoms with van der Waals surface area (Å²) in [5.41, 5.74) is 6.77. The molecule has 0 aliphatic rings. The number of aryl methyl sites for hydroxylation is 2. The smallest absolute Gasteiger partial charge is 0.408 e. The van der Waals surface area contributed by atoms with Gasteiger partial charge in [0.2, 0.25) is 17.7 Å². The Hall–Kier alpha value is -3.63. The number of nitrogens with one attached hydrogen (secondary N) is 2. The molecule has 0 saturated carbocycles. The molecule has 4 amide bonds. The van der Waals surface area contributed by atoms with Gasteiger partial charge in [-0.15, -0.1) is 0 Å². The van der Waals surface area contributed by atoms with E-state index in [9.17, 15) is 24.0 Å². The van der Waals surface area contributed by atoms with Crippen molar-refractivity contribution in [3.63, 3.8) is 0 Å². The Balaban J connectivity index is 3.59. The molecule has 11 heteroatoms. The standard InChI is InChI=1S/C29H46N4O7/c1-8-9-10-11-16-33(27(37)22(14-15-23(30)34)32-28(38)40-29(4,5)6)25(26(36)31-18-24(35)39-7)21-17-19(2)12-13-20(21)3/h12-13,17,22,25H,8-11,14-16,18H2,1-7H3,(H2,30,34)(H,31,36)(H,32,38). The number of primary amides is 1. The van der Waals surface area contributed by atoms with Gasteiger partial charge < -0.3 is 30.7 Å². The molecule has 0 saturated heterocycles. The van der Waals surface area contributed by atoms with E-state index >= 15 is 0 Å². The number of hydrogen-bond donors (Lipinski definition) is 3. The van der Waals surface area contributed by atoms with Crippen molar-refractivity contribution in [3.8, 4) is 0 Å². The Labute approximate surface area is 237 Å². The summed E-state index contributed by atoms with van der Waals surface area (Å²) in [6, 6.07) is 3.28. The molecule has 0 aliphatic carbocycles. The zero-order valence-corrected chi connectivity index (χ0v) is 24.9. The first-order valence-corrected chi connectivity index (χ1v) is 13.7. The van der Waals surface area contributed by atoms with E-state index in [1.165, 1.54) is 12.0 Å². The summed E-state index contributed by atoms with van der Waals surface area (Å²) in [6.45, 7) is 10.7. The van der Waals surface area contributed by atoms with Gasteiger partial charge in [0, 0.05) is 13.0 Å². The molecule has 1 aromatic rings. The number of hydrogen-bond acceptors (Lipinski definition) is 7. The van der Waals surface area contributed by atoms with Crippen LogP contribution in [0.4, 0.5) is 4.79 Å². The molecule has 0 aliphatic heterocycles. The largest absolute Gasteiger partial charge is 0.468 e. The summed E-state index contributed by atoms with van der Waals surface area (Å²) < 4.78 is 10.0. The Morgan fingerprint density at radius 2 is 1.73 bits per heavy atom. The molecule has 0 bridgehead atoms. The highest BCUT2D eigenvalue weighted by Gasteiger charge is 2.37. The number of unbranched alkanes of at least 4 members (excludes halogenated alkanes) is 3. The van der Waals surface area contributed by atoms with E-state index in [1.807, 2.05) is 32.0 Å². The van der Waals surface area contributed by atoms with Gasteiger partial charge in [-0.2, -0.15) is 0 Å². The maximum Gasteiger partial charge on any atom is 0.408 e. The summed E-state index contributed by atoms with van der Waals surface area (Å²) in [4.78, 5) is 65.3. The number of ether oxygens (including phenoxy) is 2. The lowest BCUT2D eigenvalue weighted by atomic mass is 9.95. The van der Waals surface area contributed by atoms with Gasteiger partial charge in [-0.1, -0.05) is 49.9 Å². The van der Waals surface area contributed by atoms with E-state index in [-0.39, 0.29) is 25.9 Å². The number of benzene rings is 1. The predicted octanol–water partition coefficient (Wildman–Crippen LogP) is 3.20. The fourth-order valence-corrected chi connectivity index (χ4v) is 4.10. The molecule has 1 rings (SSSR count). The second kappa shape index (κ2) is 16.5. The molecule has 2 atom stereocenters. The summed E-state index contributed by atoms with van der Waals surface area (Å²) >= 11 is 0. The minimum atomic E-state index is -1.19. The molecule has 2 unspecified atom stereocenters. The first-order chi connectivity index (χ1) is 18.7. The zero-order chi connectivity index (χ0) is 30.5. The zero-order valence-electron chi connectivity index (χ0n) is 24.9. The van der Waals surface area contributed by atoms with Gasteiger partial charge in [-0.3, -0.25) is 19.2 Å². The van der Waals surface area contributed by atoms with Gasteiger partial charge in [-0.25, -0.2) is 4.79 Å². The Kier molecular flexibility index (Phi) is 14.2. The number of rotatable bonds is 15. The Morgan fingerprint density at radius 1 is 1.05 bits per heavy atom. The van der Waals surface area contributed by atoms with Crippen LogP contribution in [0.15, 0.2) is 18.2 Å². The van der Waals surface area contributed by atoms with E-state index in [2.05, 4.69) is 22.3 Å². The average molecular weight is 563 g/mol. The van der Waals surface area contributed by atoms with Crippen LogP contribution in [0.5, 0.6) is 0 Å². The molecule has 0 spiro atoms. The number of carbonyl (C=O) groups is 5. The molecular formula is C29H46N4O7. The third-order valence-corrected chi connectivity index (χ3v) is 6.13. The van der Waals surface area contributed by atoms with Crippen LogP contribution in [0.2, 0.25) is 0 Å². The van der Waals surface area contributed by atoms with Gasteiger partial charge in [0.25, 0.3) is 0 Å². The fourth-order valence-electron chi connectivity index (χ4n) is 4.10. The van der Waals surface area contributed by atoms with Crippen LogP contribution >= 0.6 is 0 Å². The first kappa shape index (κ1) is 34.4. The van der Waals surface area contributed by atoms with Crippen molar-refractivity contribution in [2.45, 2.75) is 97.8 Å². The molecule has 0 aromatic heterocycles. The predicted molar refractivity (Wildman–Crippen MR) is 151 cm³/mol. The Morgan fingerprint density at radius 3 is 2.30 bits per heavy atom. The van der Waals surface area contributed by atoms with E-state index in [0.717, 1.165) is 30.4 Å². The average Bonchev–Trinajstić information content (AvgIpc) is 2.86. The quantitative estimate of drug-likeness (QED) is 0.219. The maximum atomic E-state index is 14.2. The van der Waals surface area contributed by atoms with Crippen LogP contribution in [0, 0.1) is 13.8 Å². The molecule has 1 aromatic carbocycles. The Bertz CT molecular complexity index is 1040. The number of methoxy groups -OCH3 is 1. The minimum Gasteiger partial charge on any atom is -0.468 e. The van der Waals surface area contributed by atoms with Crippen LogP contribution in [0.3, 0.4) is 0 Å². The summed E-state index contributed by atoms with van der Waals surface area (Å²) in [6.07, 6.45) is 2.23. The highest BCUT2D eigenvalue weighted by Crippen LogP contribution is 2.28. The fraction of sp³-hybridized carbons (Fsp3) is 0.621. The number of alkyl carbamates (subject to hydrolysis) is 1. The molecular weight excluding hydrogens is 516 g/mol. The van der Waals surface area contributed by atoms with E-state index in [4.69, 9.17) is 10.5 Å². The van der Waals surface area contributed by atoms with Crippen molar-refractivity contribution in [3.05, 3.63) is 34.9 Å². The monoisotopic (exact) mass is 562 g/mol. The van der Waals surface area contributed by atoms with E-state index in [0.29, 0.717) is 12.0 Å². The first-order valence-electron chi connectivity index (χ1n) is 13.7. The van der Waals surface area contributed by atoms with Crippen LogP contribution < -0.4 is 16.4 Å². The van der Waals surface area contributed by atoms with Crippen LogP contribution in [0.25, 0.3) is 0 Å². The van der Waals surface area contributed by atoms with Crippen molar-refractivity contribution >= 4 is 29.8 Å². The van der Waals surface area contributed by atoms with Crippen LogP contribution in [-0.2, 0) is 28.7 Å². The normalized spacial score (nSPS) is 12.6. The van der Waals surface area contributed by atoms with Crippen LogP contribution in [0.1, 0.15) is 89.0 Å². The van der Waals surface area contributed by atoms with Gasteiger partial charge >= 0.3 is 12.1 Å². The van der Waals surface area contributed by atoms with E-state index < -0.39 is 47.5 Å². The SMILES string of the molecule is CCCCCCN(C(=O)C(CCC(N)=O)NC(=O)OC(C)(C)C)C(C(=O)NCC(=O)OC)c1cc(C)ccc1C. The second-order valence-corrected chi connectivity index (χ2v) is 10.9. The van der Waals surface area contributed by atoms with Crippen molar-refractivity contribution < 1.29 is 33.4 Å². The minimum absolute atomic E-state index is 0.0812. The highest BCUT2D eigenvalue weighted by molar-refractivity contribution is 5.93. The molecule has 11 nitrogen and oxygen atoms in total. The lowest BCUT2D eigenvalue weighted by Crippen LogP contribution is -2.53. The summed E-state index contributed by atoms with van der Waals surface area (Å²) in [5.74, 6) is -2.42. The highest BCUT2D eigenvalue weighted by atomic mass is 16.6. The molecule has 0 radical (unpaired) electrons.